The minimum atomic E-state index is -4.68. The Hall–Kier alpha value is -1.12. The summed E-state index contributed by atoms with van der Waals surface area (Å²) in [7, 11) is -4.13. The zero-order valence-electron chi connectivity index (χ0n) is 11.8. The molecule has 22 heavy (non-hydrogen) atoms. The number of hydrogen-bond donors (Lipinski definition) is 1. The molecule has 4 nitrogen and oxygen atoms in total. The Balaban J connectivity index is 1.94. The Kier molecular flexibility index (Phi) is 3.94. The van der Waals surface area contributed by atoms with Crippen LogP contribution in [0, 0.1) is 5.92 Å². The number of hydrogen-bond acceptors (Lipinski definition) is 3. The molecule has 2 aliphatic heterocycles. The topological polar surface area (TPSA) is 49.4 Å². The quantitative estimate of drug-likeness (QED) is 0.901. The van der Waals surface area contributed by atoms with Gasteiger partial charge in [-0.1, -0.05) is 12.1 Å². The summed E-state index contributed by atoms with van der Waals surface area (Å²) in [6.45, 7) is 1.37. The van der Waals surface area contributed by atoms with E-state index in [4.69, 9.17) is 0 Å². The van der Waals surface area contributed by atoms with E-state index in [0.29, 0.717) is 6.42 Å². The molecule has 2 unspecified atom stereocenters. The second-order valence-electron chi connectivity index (χ2n) is 5.76. The van der Waals surface area contributed by atoms with Gasteiger partial charge in [0, 0.05) is 19.1 Å². The maximum atomic E-state index is 13.1. The third kappa shape index (κ3) is 2.75. The summed E-state index contributed by atoms with van der Waals surface area (Å²) in [4.78, 5) is -0.646. The third-order valence-electron chi connectivity index (χ3n) is 4.43. The Morgan fingerprint density at radius 1 is 1.18 bits per heavy atom. The highest BCUT2D eigenvalue weighted by molar-refractivity contribution is 7.89. The van der Waals surface area contributed by atoms with E-state index in [1.54, 1.807) is 0 Å². The van der Waals surface area contributed by atoms with Crippen molar-refractivity contribution in [3.05, 3.63) is 29.8 Å². The van der Waals surface area contributed by atoms with Crippen molar-refractivity contribution in [1.82, 2.24) is 9.62 Å². The first-order valence-electron chi connectivity index (χ1n) is 7.20. The van der Waals surface area contributed by atoms with Gasteiger partial charge in [-0.05, 0) is 37.4 Å². The summed E-state index contributed by atoms with van der Waals surface area (Å²) >= 11 is 0. The van der Waals surface area contributed by atoms with E-state index in [1.807, 2.05) is 0 Å². The molecule has 0 spiro atoms. The molecular weight excluding hydrogens is 317 g/mol. The molecule has 8 heteroatoms. The van der Waals surface area contributed by atoms with Crippen LogP contribution in [0.15, 0.2) is 29.2 Å². The summed E-state index contributed by atoms with van der Waals surface area (Å²) in [5, 5.41) is 3.30. The van der Waals surface area contributed by atoms with Crippen LogP contribution in [0.1, 0.15) is 18.4 Å². The maximum Gasteiger partial charge on any atom is 0.417 e. The molecular formula is C14H17F3N2O2S. The predicted molar refractivity (Wildman–Crippen MR) is 74.7 cm³/mol. The minimum absolute atomic E-state index is 0.182. The van der Waals surface area contributed by atoms with Crippen molar-refractivity contribution in [2.75, 3.05) is 19.6 Å². The van der Waals surface area contributed by atoms with Crippen molar-refractivity contribution < 1.29 is 21.6 Å². The fraction of sp³-hybridized carbons (Fsp3) is 0.571. The van der Waals surface area contributed by atoms with Gasteiger partial charge in [0.15, 0.2) is 0 Å². The van der Waals surface area contributed by atoms with Gasteiger partial charge in [0.1, 0.15) is 0 Å². The first-order valence-corrected chi connectivity index (χ1v) is 8.64. The fourth-order valence-corrected chi connectivity index (χ4v) is 5.02. The van der Waals surface area contributed by atoms with Gasteiger partial charge < -0.3 is 5.32 Å². The number of piperidine rings is 1. The molecule has 1 aromatic rings. The largest absolute Gasteiger partial charge is 0.417 e. The average Bonchev–Trinajstić information content (AvgIpc) is 2.93. The van der Waals surface area contributed by atoms with Crippen LogP contribution in [-0.4, -0.2) is 38.4 Å². The number of nitrogens with zero attached hydrogens (tertiary/aromatic N) is 1. The molecule has 0 amide bonds. The standard InChI is InChI=1S/C14H17F3N2O2S/c15-14(16,17)11-3-1-2-4-13(11)22(20,21)19-8-6-12-10(9-19)5-7-18-12/h1-4,10,12,18H,5-9H2. The molecule has 0 radical (unpaired) electrons. The number of benzene rings is 1. The first kappa shape index (κ1) is 15.8. The SMILES string of the molecule is O=S(=O)(c1ccccc1C(F)(F)F)N1CCC2NCCC2C1. The van der Waals surface area contributed by atoms with Gasteiger partial charge in [-0.2, -0.15) is 17.5 Å². The normalized spacial score (nSPS) is 26.9. The van der Waals surface area contributed by atoms with Crippen molar-refractivity contribution in [3.8, 4) is 0 Å². The van der Waals surface area contributed by atoms with Gasteiger partial charge in [0.2, 0.25) is 10.0 Å². The van der Waals surface area contributed by atoms with Crippen LogP contribution in [0.25, 0.3) is 0 Å². The predicted octanol–water partition coefficient (Wildman–Crippen LogP) is 2.08. The van der Waals surface area contributed by atoms with E-state index in [1.165, 1.54) is 16.4 Å². The van der Waals surface area contributed by atoms with Crippen LogP contribution in [0.5, 0.6) is 0 Å². The molecule has 3 rings (SSSR count). The highest BCUT2D eigenvalue weighted by atomic mass is 32.2. The van der Waals surface area contributed by atoms with E-state index < -0.39 is 26.7 Å². The molecule has 0 aliphatic carbocycles. The summed E-state index contributed by atoms with van der Waals surface area (Å²) in [5.74, 6) is 0.182. The van der Waals surface area contributed by atoms with Gasteiger partial charge >= 0.3 is 6.18 Å². The van der Waals surface area contributed by atoms with E-state index in [2.05, 4.69) is 5.32 Å². The van der Waals surface area contributed by atoms with Crippen molar-refractivity contribution in [2.24, 2.45) is 5.92 Å². The van der Waals surface area contributed by atoms with Gasteiger partial charge in [0.25, 0.3) is 0 Å². The Labute approximate surface area is 127 Å². The van der Waals surface area contributed by atoms with E-state index in [0.717, 1.165) is 25.1 Å². The Morgan fingerprint density at radius 3 is 2.64 bits per heavy atom. The van der Waals surface area contributed by atoms with Crippen LogP contribution < -0.4 is 5.32 Å². The number of sulfonamides is 1. The number of alkyl halides is 3. The molecule has 2 aliphatic rings. The van der Waals surface area contributed by atoms with Gasteiger partial charge in [-0.25, -0.2) is 8.42 Å². The molecule has 122 valence electrons. The monoisotopic (exact) mass is 334 g/mol. The third-order valence-corrected chi connectivity index (χ3v) is 6.35. The van der Waals surface area contributed by atoms with Crippen molar-refractivity contribution >= 4 is 10.0 Å². The zero-order chi connectivity index (χ0) is 16.0. The highest BCUT2D eigenvalue weighted by Gasteiger charge is 2.42. The second kappa shape index (κ2) is 5.50. The van der Waals surface area contributed by atoms with E-state index >= 15 is 0 Å². The smallest absolute Gasteiger partial charge is 0.314 e. The van der Waals surface area contributed by atoms with Gasteiger partial charge in [-0.15, -0.1) is 0 Å². The molecule has 2 heterocycles. The number of nitrogens with one attached hydrogen (secondary N) is 1. The molecule has 1 aromatic carbocycles. The Bertz CT molecular complexity index is 660. The van der Waals surface area contributed by atoms with Crippen LogP contribution in [-0.2, 0) is 16.2 Å². The van der Waals surface area contributed by atoms with Gasteiger partial charge in [-0.3, -0.25) is 0 Å². The van der Waals surface area contributed by atoms with Crippen LogP contribution in [0.3, 0.4) is 0 Å². The second-order valence-corrected chi connectivity index (χ2v) is 7.66. The maximum absolute atomic E-state index is 13.1. The van der Waals surface area contributed by atoms with Crippen molar-refractivity contribution in [2.45, 2.75) is 30.0 Å². The number of halogens is 3. The lowest BCUT2D eigenvalue weighted by Crippen LogP contribution is -2.47. The molecule has 2 saturated heterocycles. The average molecular weight is 334 g/mol. The van der Waals surface area contributed by atoms with E-state index in [-0.39, 0.29) is 25.0 Å². The summed E-state index contributed by atoms with van der Waals surface area (Å²) < 4.78 is 65.7. The van der Waals surface area contributed by atoms with Crippen molar-refractivity contribution in [1.29, 1.82) is 0 Å². The molecule has 0 saturated carbocycles. The lowest BCUT2D eigenvalue weighted by molar-refractivity contribution is -0.139. The summed E-state index contributed by atoms with van der Waals surface area (Å²) in [6.07, 6.45) is -3.19. The highest BCUT2D eigenvalue weighted by Crippen LogP contribution is 2.36. The van der Waals surface area contributed by atoms with Crippen LogP contribution in [0.2, 0.25) is 0 Å². The molecule has 2 fully saturated rings. The first-order chi connectivity index (χ1) is 10.3. The fourth-order valence-electron chi connectivity index (χ4n) is 3.30. The number of fused-ring (bicyclic) bond motifs is 1. The molecule has 2 atom stereocenters. The summed E-state index contributed by atoms with van der Waals surface area (Å²) in [6, 6.07) is 4.67. The number of rotatable bonds is 2. The lowest BCUT2D eigenvalue weighted by Gasteiger charge is -2.34. The van der Waals surface area contributed by atoms with Crippen LogP contribution in [0.4, 0.5) is 13.2 Å². The lowest BCUT2D eigenvalue weighted by atomic mass is 9.95. The van der Waals surface area contributed by atoms with Gasteiger partial charge in [0.05, 0.1) is 10.5 Å². The summed E-state index contributed by atoms with van der Waals surface area (Å²) in [5.41, 5.74) is -1.10. The van der Waals surface area contributed by atoms with E-state index in [9.17, 15) is 21.6 Å². The molecule has 1 N–H and O–H groups in total. The molecule has 0 bridgehead atoms. The van der Waals surface area contributed by atoms with Crippen LogP contribution >= 0.6 is 0 Å². The zero-order valence-corrected chi connectivity index (χ0v) is 12.6. The minimum Gasteiger partial charge on any atom is -0.314 e. The van der Waals surface area contributed by atoms with Crippen molar-refractivity contribution in [3.63, 3.8) is 0 Å². The molecule has 0 aromatic heterocycles. The Morgan fingerprint density at radius 2 is 1.91 bits per heavy atom.